The van der Waals surface area contributed by atoms with E-state index in [0.29, 0.717) is 11.6 Å². The minimum Gasteiger partial charge on any atom is -0.399 e. The number of aromatic nitrogens is 2. The summed E-state index contributed by atoms with van der Waals surface area (Å²) in [5.41, 5.74) is 7.68. The van der Waals surface area contributed by atoms with E-state index in [1.165, 1.54) is 5.56 Å². The Morgan fingerprint density at radius 3 is 2.68 bits per heavy atom. The van der Waals surface area contributed by atoms with Gasteiger partial charge in [-0.05, 0) is 24.6 Å². The summed E-state index contributed by atoms with van der Waals surface area (Å²) in [6.45, 7) is 8.26. The Kier molecular flexibility index (Phi) is 3.85. The number of hydrogen-bond donors (Lipinski definition) is 1. The Hall–Kier alpha value is -1.49. The van der Waals surface area contributed by atoms with Crippen LogP contribution in [0, 0.1) is 6.92 Å². The zero-order valence-corrected chi connectivity index (χ0v) is 12.5. The lowest BCUT2D eigenvalue weighted by atomic mass is 9.96. The quantitative estimate of drug-likeness (QED) is 0.686. The van der Waals surface area contributed by atoms with Gasteiger partial charge in [0.05, 0.1) is 5.75 Å². The van der Waals surface area contributed by atoms with E-state index >= 15 is 0 Å². The number of anilines is 1. The van der Waals surface area contributed by atoms with E-state index in [9.17, 15) is 0 Å². The van der Waals surface area contributed by atoms with Crippen molar-refractivity contribution in [3.63, 3.8) is 0 Å². The number of aryl methyl sites for hydroxylation is 1. The van der Waals surface area contributed by atoms with Crippen LogP contribution >= 0.6 is 11.8 Å². The molecule has 1 aromatic carbocycles. The SMILES string of the molecule is Cc1ccc(N)cc1SCc1nc(C(C)(C)C)no1. The van der Waals surface area contributed by atoms with Gasteiger partial charge in [0, 0.05) is 16.0 Å². The molecule has 0 saturated heterocycles. The van der Waals surface area contributed by atoms with Crippen LogP contribution < -0.4 is 5.73 Å². The average molecular weight is 277 g/mol. The lowest BCUT2D eigenvalue weighted by Crippen LogP contribution is -2.13. The van der Waals surface area contributed by atoms with E-state index in [2.05, 4.69) is 37.8 Å². The fourth-order valence-corrected chi connectivity index (χ4v) is 2.44. The summed E-state index contributed by atoms with van der Waals surface area (Å²) in [6, 6.07) is 5.90. The molecule has 0 bridgehead atoms. The molecule has 19 heavy (non-hydrogen) atoms. The highest BCUT2D eigenvalue weighted by Gasteiger charge is 2.20. The van der Waals surface area contributed by atoms with Crippen molar-refractivity contribution in [2.75, 3.05) is 5.73 Å². The summed E-state index contributed by atoms with van der Waals surface area (Å²) in [6.07, 6.45) is 0. The van der Waals surface area contributed by atoms with Crippen LogP contribution in [-0.2, 0) is 11.2 Å². The topological polar surface area (TPSA) is 64.9 Å². The number of rotatable bonds is 3. The molecule has 2 rings (SSSR count). The first-order valence-electron chi connectivity index (χ1n) is 6.18. The second-order valence-electron chi connectivity index (χ2n) is 5.58. The van der Waals surface area contributed by atoms with Crippen LogP contribution in [0.4, 0.5) is 5.69 Å². The predicted octanol–water partition coefficient (Wildman–Crippen LogP) is 3.55. The number of benzene rings is 1. The van der Waals surface area contributed by atoms with Crippen molar-refractivity contribution >= 4 is 17.4 Å². The van der Waals surface area contributed by atoms with Crippen LogP contribution in [0.2, 0.25) is 0 Å². The van der Waals surface area contributed by atoms with Gasteiger partial charge in [-0.1, -0.05) is 32.0 Å². The van der Waals surface area contributed by atoms with Crippen molar-refractivity contribution in [3.8, 4) is 0 Å². The fourth-order valence-electron chi connectivity index (χ4n) is 1.53. The Balaban J connectivity index is 2.06. The molecule has 2 N–H and O–H groups in total. The first-order chi connectivity index (χ1) is 8.86. The summed E-state index contributed by atoms with van der Waals surface area (Å²) in [5, 5.41) is 4.02. The summed E-state index contributed by atoms with van der Waals surface area (Å²) in [5.74, 6) is 2.05. The van der Waals surface area contributed by atoms with Gasteiger partial charge in [0.1, 0.15) is 0 Å². The van der Waals surface area contributed by atoms with Crippen molar-refractivity contribution in [2.24, 2.45) is 0 Å². The molecular weight excluding hydrogens is 258 g/mol. The van der Waals surface area contributed by atoms with Gasteiger partial charge in [-0.2, -0.15) is 4.98 Å². The monoisotopic (exact) mass is 277 g/mol. The van der Waals surface area contributed by atoms with Gasteiger partial charge in [-0.25, -0.2) is 0 Å². The van der Waals surface area contributed by atoms with Crippen molar-refractivity contribution in [1.82, 2.24) is 10.1 Å². The molecule has 4 nitrogen and oxygen atoms in total. The molecule has 0 unspecified atom stereocenters. The van der Waals surface area contributed by atoms with Crippen molar-refractivity contribution < 1.29 is 4.52 Å². The normalized spacial score (nSPS) is 11.8. The number of hydrogen-bond acceptors (Lipinski definition) is 5. The molecule has 102 valence electrons. The van der Waals surface area contributed by atoms with Crippen molar-refractivity contribution in [1.29, 1.82) is 0 Å². The molecule has 0 aliphatic rings. The van der Waals surface area contributed by atoms with Gasteiger partial charge >= 0.3 is 0 Å². The molecule has 0 aliphatic heterocycles. The maximum atomic E-state index is 5.79. The molecule has 5 heteroatoms. The summed E-state index contributed by atoms with van der Waals surface area (Å²) < 4.78 is 5.27. The summed E-state index contributed by atoms with van der Waals surface area (Å²) in [4.78, 5) is 5.57. The highest BCUT2D eigenvalue weighted by atomic mass is 32.2. The molecule has 0 saturated carbocycles. The second-order valence-corrected chi connectivity index (χ2v) is 6.59. The molecule has 2 aromatic rings. The number of nitrogens with zero attached hydrogens (tertiary/aromatic N) is 2. The Labute approximate surface area is 117 Å². The standard InChI is InChI=1S/C14H19N3OS/c1-9-5-6-10(15)7-11(9)19-8-12-16-13(17-18-12)14(2,3)4/h5-7H,8,15H2,1-4H3. The first-order valence-corrected chi connectivity index (χ1v) is 7.17. The molecule has 0 spiro atoms. The fraction of sp³-hybridized carbons (Fsp3) is 0.429. The van der Waals surface area contributed by atoms with Crippen LogP contribution in [0.25, 0.3) is 0 Å². The zero-order valence-electron chi connectivity index (χ0n) is 11.7. The summed E-state index contributed by atoms with van der Waals surface area (Å²) >= 11 is 1.66. The van der Waals surface area contributed by atoms with E-state index in [4.69, 9.17) is 10.3 Å². The predicted molar refractivity (Wildman–Crippen MR) is 78.2 cm³/mol. The van der Waals surface area contributed by atoms with Gasteiger partial charge in [0.15, 0.2) is 5.82 Å². The molecule has 0 amide bonds. The maximum Gasteiger partial charge on any atom is 0.237 e. The van der Waals surface area contributed by atoms with Crippen LogP contribution in [-0.4, -0.2) is 10.1 Å². The Morgan fingerprint density at radius 1 is 1.32 bits per heavy atom. The minimum absolute atomic E-state index is 0.0838. The van der Waals surface area contributed by atoms with E-state index in [-0.39, 0.29) is 5.41 Å². The molecule has 0 aliphatic carbocycles. The lowest BCUT2D eigenvalue weighted by Gasteiger charge is -2.10. The smallest absolute Gasteiger partial charge is 0.237 e. The van der Waals surface area contributed by atoms with Crippen molar-refractivity contribution in [2.45, 2.75) is 43.8 Å². The Bertz CT molecular complexity index is 572. The molecule has 0 radical (unpaired) electrons. The molecular formula is C14H19N3OS. The molecule has 0 atom stereocenters. The van der Waals surface area contributed by atoms with Gasteiger partial charge in [-0.3, -0.25) is 0 Å². The molecule has 1 aromatic heterocycles. The van der Waals surface area contributed by atoms with Gasteiger partial charge < -0.3 is 10.3 Å². The van der Waals surface area contributed by atoms with Crippen LogP contribution in [0.1, 0.15) is 38.0 Å². The maximum absolute atomic E-state index is 5.79. The van der Waals surface area contributed by atoms with Gasteiger partial charge in [0.25, 0.3) is 0 Å². The first kappa shape index (κ1) is 13.9. The van der Waals surface area contributed by atoms with E-state index in [1.54, 1.807) is 11.8 Å². The van der Waals surface area contributed by atoms with Crippen LogP contribution in [0.3, 0.4) is 0 Å². The van der Waals surface area contributed by atoms with Gasteiger partial charge in [-0.15, -0.1) is 11.8 Å². The largest absolute Gasteiger partial charge is 0.399 e. The second kappa shape index (κ2) is 5.25. The van der Waals surface area contributed by atoms with Gasteiger partial charge in [0.2, 0.25) is 5.89 Å². The van der Waals surface area contributed by atoms with Crippen LogP contribution in [0.5, 0.6) is 0 Å². The highest BCUT2D eigenvalue weighted by molar-refractivity contribution is 7.98. The number of nitrogens with two attached hydrogens (primary N) is 1. The third kappa shape index (κ3) is 3.50. The lowest BCUT2D eigenvalue weighted by molar-refractivity contribution is 0.373. The van der Waals surface area contributed by atoms with E-state index in [1.807, 2.05) is 18.2 Å². The average Bonchev–Trinajstić information content (AvgIpc) is 2.79. The molecule has 1 heterocycles. The number of thioether (sulfide) groups is 1. The van der Waals surface area contributed by atoms with E-state index in [0.717, 1.165) is 16.4 Å². The Morgan fingerprint density at radius 2 is 2.05 bits per heavy atom. The number of nitrogen functional groups attached to an aromatic ring is 1. The third-order valence-corrected chi connectivity index (χ3v) is 3.84. The summed E-state index contributed by atoms with van der Waals surface area (Å²) in [7, 11) is 0. The highest BCUT2D eigenvalue weighted by Crippen LogP contribution is 2.28. The molecule has 0 fully saturated rings. The van der Waals surface area contributed by atoms with E-state index < -0.39 is 0 Å². The third-order valence-electron chi connectivity index (χ3n) is 2.70. The minimum atomic E-state index is -0.0838. The zero-order chi connectivity index (χ0) is 14.0. The van der Waals surface area contributed by atoms with Crippen molar-refractivity contribution in [3.05, 3.63) is 35.5 Å². The van der Waals surface area contributed by atoms with Crippen LogP contribution in [0.15, 0.2) is 27.6 Å².